The zero-order chi connectivity index (χ0) is 46.6. The molecule has 1 amide bonds. The van der Waals surface area contributed by atoms with E-state index in [1.54, 1.807) is 36.4 Å². The first-order chi connectivity index (χ1) is 31.0. The molecular weight excluding hydrogens is 907 g/mol. The highest BCUT2D eigenvalue weighted by Crippen LogP contribution is 2.37. The summed E-state index contributed by atoms with van der Waals surface area (Å²) in [6.45, 7) is 3.93. The van der Waals surface area contributed by atoms with Crippen molar-refractivity contribution in [2.24, 2.45) is 5.92 Å². The zero-order valence-corrected chi connectivity index (χ0v) is 38.2. The first-order valence-corrected chi connectivity index (χ1v) is 24.2. The van der Waals surface area contributed by atoms with Gasteiger partial charge in [-0.15, -0.1) is 0 Å². The largest absolute Gasteiger partial charge is 0.501 e. The third-order valence-corrected chi connectivity index (χ3v) is 13.5. The summed E-state index contributed by atoms with van der Waals surface area (Å²) in [4.78, 5) is 13.6. The Kier molecular flexibility index (Phi) is 16.8. The second-order valence-electron chi connectivity index (χ2n) is 15.5. The number of sulfone groups is 1. The number of nitrogens with one attached hydrogen (secondary N) is 4. The fourth-order valence-corrected chi connectivity index (χ4v) is 9.08. The zero-order valence-electron chi connectivity index (χ0n) is 35.8. The van der Waals surface area contributed by atoms with E-state index in [2.05, 4.69) is 20.9 Å². The standard InChI is InChI=1S/C46H51ClF3N5O8S2/c1-55(2)23-6-24-62-38-14-17-40(33-9-11-35(47)12-10-33)34(27-38)31-51-21-22-52-36-13-16-41(43(28-36)63-37-7-4-3-5-8-37)45(56)54-65(59,60)39-15-18-42(53-30-32-19-25-61-26-20-32)44(29-39)64(57,58)46(48,49)50/h3-5,7-18,27-29,32,51-53H,6,19-26,30-31H2,1-2H3,(H,54,56). The Morgan fingerprint density at radius 1 is 0.846 bits per heavy atom. The summed E-state index contributed by atoms with van der Waals surface area (Å²) < 4.78 is 114. The van der Waals surface area contributed by atoms with Crippen LogP contribution in [0.1, 0.15) is 35.2 Å². The molecule has 5 aromatic rings. The van der Waals surface area contributed by atoms with Gasteiger partial charge >= 0.3 is 5.51 Å². The number of halogens is 4. The minimum atomic E-state index is -6.02. The summed E-state index contributed by atoms with van der Waals surface area (Å²) in [5, 5.41) is 10.1. The molecule has 1 aliphatic heterocycles. The quantitative estimate of drug-likeness (QED) is 0.0519. The van der Waals surface area contributed by atoms with E-state index < -0.39 is 46.8 Å². The molecule has 0 saturated carbocycles. The minimum Gasteiger partial charge on any atom is -0.494 e. The second kappa shape index (κ2) is 22.2. The van der Waals surface area contributed by atoms with Gasteiger partial charge in [-0.2, -0.15) is 13.2 Å². The van der Waals surface area contributed by atoms with Crippen LogP contribution in [0, 0.1) is 5.92 Å². The molecule has 13 nitrogen and oxygen atoms in total. The van der Waals surface area contributed by atoms with E-state index in [0.717, 1.165) is 47.5 Å². The number of benzene rings is 5. The fourth-order valence-electron chi connectivity index (χ4n) is 6.93. The van der Waals surface area contributed by atoms with E-state index in [1.165, 1.54) is 12.1 Å². The number of ether oxygens (including phenoxy) is 3. The summed E-state index contributed by atoms with van der Waals surface area (Å²) in [5.74, 6) is -0.137. The number of carbonyl (C=O) groups excluding carboxylic acids is 1. The monoisotopic (exact) mass is 957 g/mol. The minimum absolute atomic E-state index is 0.00875. The lowest BCUT2D eigenvalue weighted by Crippen LogP contribution is -2.31. The van der Waals surface area contributed by atoms with Crippen molar-refractivity contribution in [2.45, 2.75) is 41.1 Å². The predicted octanol–water partition coefficient (Wildman–Crippen LogP) is 8.58. The Morgan fingerprint density at radius 3 is 2.29 bits per heavy atom. The Balaban J connectivity index is 1.16. The molecule has 0 unspecified atom stereocenters. The van der Waals surface area contributed by atoms with Crippen molar-refractivity contribution >= 4 is 48.7 Å². The number of nitrogens with zero attached hydrogens (tertiary/aromatic N) is 1. The van der Waals surface area contributed by atoms with Crippen LogP contribution < -0.4 is 30.1 Å². The van der Waals surface area contributed by atoms with Crippen molar-refractivity contribution in [3.05, 3.63) is 125 Å². The molecule has 0 aliphatic carbocycles. The van der Waals surface area contributed by atoms with Crippen molar-refractivity contribution < 1.29 is 49.0 Å². The van der Waals surface area contributed by atoms with E-state index >= 15 is 0 Å². The molecule has 348 valence electrons. The molecule has 1 aliphatic rings. The van der Waals surface area contributed by atoms with Crippen molar-refractivity contribution in [1.29, 1.82) is 0 Å². The maximum atomic E-state index is 13.9. The van der Waals surface area contributed by atoms with Crippen LogP contribution in [0.5, 0.6) is 17.2 Å². The third-order valence-electron chi connectivity index (χ3n) is 10.4. The fraction of sp³-hybridized carbons (Fsp3) is 0.326. The molecule has 0 aromatic heterocycles. The number of hydrogen-bond acceptors (Lipinski definition) is 12. The number of hydrogen-bond donors (Lipinski definition) is 4. The van der Waals surface area contributed by atoms with Gasteiger partial charge in [0.2, 0.25) is 0 Å². The maximum Gasteiger partial charge on any atom is 0.501 e. The van der Waals surface area contributed by atoms with E-state index in [9.17, 15) is 34.8 Å². The number of rotatable bonds is 21. The highest BCUT2D eigenvalue weighted by Gasteiger charge is 2.48. The topological polar surface area (TPSA) is 164 Å². The molecule has 65 heavy (non-hydrogen) atoms. The molecule has 0 atom stereocenters. The highest BCUT2D eigenvalue weighted by atomic mass is 35.5. The van der Waals surface area contributed by atoms with Crippen LogP contribution in [0.15, 0.2) is 119 Å². The van der Waals surface area contributed by atoms with Crippen LogP contribution in [-0.2, 0) is 31.1 Å². The Hall–Kier alpha value is -5.37. The van der Waals surface area contributed by atoms with Crippen LogP contribution in [-0.4, -0.2) is 93.2 Å². The van der Waals surface area contributed by atoms with Gasteiger partial charge < -0.3 is 35.1 Å². The number of alkyl halides is 3. The van der Waals surface area contributed by atoms with Crippen molar-refractivity contribution in [3.63, 3.8) is 0 Å². The van der Waals surface area contributed by atoms with Gasteiger partial charge in [0.15, 0.2) is 0 Å². The van der Waals surface area contributed by atoms with Gasteiger partial charge in [-0.3, -0.25) is 4.79 Å². The smallest absolute Gasteiger partial charge is 0.494 e. The Labute approximate surface area is 382 Å². The molecule has 0 bridgehead atoms. The normalized spacial score (nSPS) is 13.6. The Bertz CT molecular complexity index is 2620. The average molecular weight is 959 g/mol. The molecule has 19 heteroatoms. The predicted molar refractivity (Wildman–Crippen MR) is 245 cm³/mol. The third kappa shape index (κ3) is 13.6. The van der Waals surface area contributed by atoms with Crippen LogP contribution in [0.2, 0.25) is 5.02 Å². The molecule has 0 spiro atoms. The average Bonchev–Trinajstić information content (AvgIpc) is 3.27. The molecule has 0 radical (unpaired) electrons. The van der Waals surface area contributed by atoms with Crippen LogP contribution in [0.3, 0.4) is 0 Å². The van der Waals surface area contributed by atoms with Gasteiger partial charge in [-0.25, -0.2) is 21.6 Å². The SMILES string of the molecule is CN(C)CCCOc1ccc(-c2ccc(Cl)cc2)c(CNCCNc2ccc(C(=O)NS(=O)(=O)c3ccc(NCC4CCOCC4)c(S(=O)(=O)C(F)(F)F)c3)c(Oc3ccccc3)c2)c1. The molecule has 1 heterocycles. The number of para-hydroxylation sites is 1. The summed E-state index contributed by atoms with van der Waals surface area (Å²) >= 11 is 6.16. The van der Waals surface area contributed by atoms with E-state index in [0.29, 0.717) is 74.8 Å². The molecule has 6 rings (SSSR count). The first-order valence-electron chi connectivity index (χ1n) is 20.8. The van der Waals surface area contributed by atoms with Crippen LogP contribution in [0.25, 0.3) is 11.1 Å². The van der Waals surface area contributed by atoms with Gasteiger partial charge in [-0.05, 0) is 123 Å². The maximum absolute atomic E-state index is 13.9. The first kappa shape index (κ1) is 49.1. The Morgan fingerprint density at radius 2 is 1.58 bits per heavy atom. The van der Waals surface area contributed by atoms with Gasteiger partial charge in [-0.1, -0.05) is 48.0 Å². The van der Waals surface area contributed by atoms with E-state index in [1.807, 2.05) is 61.3 Å². The van der Waals surface area contributed by atoms with E-state index in [4.69, 9.17) is 25.8 Å². The molecule has 4 N–H and O–H groups in total. The lowest BCUT2D eigenvalue weighted by atomic mass is 9.99. The van der Waals surface area contributed by atoms with Gasteiger partial charge in [0.05, 0.1) is 22.8 Å². The van der Waals surface area contributed by atoms with Crippen LogP contribution >= 0.6 is 11.6 Å². The molecular formula is C46H51ClF3N5O8S2. The molecule has 5 aromatic carbocycles. The van der Waals surface area contributed by atoms with Gasteiger partial charge in [0.1, 0.15) is 22.1 Å². The second-order valence-corrected chi connectivity index (χ2v) is 19.6. The van der Waals surface area contributed by atoms with Crippen molar-refractivity contribution in [2.75, 3.05) is 70.7 Å². The van der Waals surface area contributed by atoms with Crippen molar-refractivity contribution in [1.82, 2.24) is 14.9 Å². The molecule has 1 saturated heterocycles. The van der Waals surface area contributed by atoms with E-state index in [-0.39, 0.29) is 23.8 Å². The molecule has 1 fully saturated rings. The number of sulfonamides is 1. The van der Waals surface area contributed by atoms with Crippen LogP contribution in [0.4, 0.5) is 24.5 Å². The number of anilines is 2. The van der Waals surface area contributed by atoms with Crippen molar-refractivity contribution in [3.8, 4) is 28.4 Å². The summed E-state index contributed by atoms with van der Waals surface area (Å²) in [7, 11) is -6.93. The number of amides is 1. The lowest BCUT2D eigenvalue weighted by Gasteiger charge is -2.23. The number of carbonyl (C=O) groups is 1. The van der Waals surface area contributed by atoms with Gasteiger partial charge in [0, 0.05) is 62.7 Å². The summed E-state index contributed by atoms with van der Waals surface area (Å²) in [6, 6.07) is 28.7. The summed E-state index contributed by atoms with van der Waals surface area (Å²) in [6.07, 6.45) is 2.09. The lowest BCUT2D eigenvalue weighted by molar-refractivity contribution is -0.0435. The summed E-state index contributed by atoms with van der Waals surface area (Å²) in [5.41, 5.74) is -2.84. The van der Waals surface area contributed by atoms with Gasteiger partial charge in [0.25, 0.3) is 25.8 Å². The highest BCUT2D eigenvalue weighted by molar-refractivity contribution is 7.92.